The average molecular weight is 341 g/mol. The topological polar surface area (TPSA) is 51.7 Å². The predicted octanol–water partition coefficient (Wildman–Crippen LogP) is 3.92. The summed E-state index contributed by atoms with van der Waals surface area (Å²) in [5.74, 6) is 0. The molecular formula is C17H25ClN2O3. The summed E-state index contributed by atoms with van der Waals surface area (Å²) in [4.78, 5) is 18.6. The molecule has 1 amide bonds. The van der Waals surface area contributed by atoms with Crippen LogP contribution in [0, 0.1) is 6.92 Å². The van der Waals surface area contributed by atoms with Gasteiger partial charge >= 0.3 is 6.09 Å². The molecule has 2 heterocycles. The summed E-state index contributed by atoms with van der Waals surface area (Å²) >= 11 is 6.01. The normalized spacial score (nSPS) is 22.1. The second-order valence-corrected chi connectivity index (χ2v) is 7.46. The third-order valence-corrected chi connectivity index (χ3v) is 4.18. The molecule has 1 unspecified atom stereocenters. The zero-order chi connectivity index (χ0) is 17.3. The number of carbonyl (C=O) groups is 1. The second-order valence-electron chi connectivity index (χ2n) is 7.02. The maximum Gasteiger partial charge on any atom is 0.410 e. The summed E-state index contributed by atoms with van der Waals surface area (Å²) in [5.41, 5.74) is 0.658. The third kappa shape index (κ3) is 4.15. The first-order valence-electron chi connectivity index (χ1n) is 7.82. The van der Waals surface area contributed by atoms with Gasteiger partial charge in [0.1, 0.15) is 11.2 Å². The van der Waals surface area contributed by atoms with Gasteiger partial charge in [0, 0.05) is 19.9 Å². The number of rotatable bonds is 2. The average Bonchev–Trinajstić information content (AvgIpc) is 2.45. The quantitative estimate of drug-likeness (QED) is 0.818. The van der Waals surface area contributed by atoms with Gasteiger partial charge in [0.2, 0.25) is 0 Å². The van der Waals surface area contributed by atoms with E-state index in [1.54, 1.807) is 18.2 Å². The van der Waals surface area contributed by atoms with Crippen molar-refractivity contribution >= 4 is 17.7 Å². The molecule has 5 nitrogen and oxygen atoms in total. The van der Waals surface area contributed by atoms with Crippen LogP contribution in [0.2, 0.25) is 5.02 Å². The fourth-order valence-electron chi connectivity index (χ4n) is 2.98. The van der Waals surface area contributed by atoms with Crippen LogP contribution in [0.15, 0.2) is 12.3 Å². The molecule has 6 heteroatoms. The van der Waals surface area contributed by atoms with Crippen molar-refractivity contribution in [3.05, 3.63) is 28.5 Å². The van der Waals surface area contributed by atoms with Crippen LogP contribution in [0.25, 0.3) is 0 Å². The minimum atomic E-state index is -0.621. The van der Waals surface area contributed by atoms with Gasteiger partial charge < -0.3 is 14.4 Å². The lowest BCUT2D eigenvalue weighted by Crippen LogP contribution is -2.51. The van der Waals surface area contributed by atoms with E-state index in [2.05, 4.69) is 4.98 Å². The number of carbonyl (C=O) groups excluding carboxylic acids is 1. The Morgan fingerprint density at radius 1 is 1.43 bits per heavy atom. The summed E-state index contributed by atoms with van der Waals surface area (Å²) < 4.78 is 11.3. The Labute approximate surface area is 142 Å². The van der Waals surface area contributed by atoms with Gasteiger partial charge in [0.25, 0.3) is 0 Å². The van der Waals surface area contributed by atoms with Crippen molar-refractivity contribution in [2.24, 2.45) is 0 Å². The molecule has 1 fully saturated rings. The van der Waals surface area contributed by atoms with Crippen molar-refractivity contribution in [2.75, 3.05) is 20.2 Å². The number of ether oxygens (including phenoxy) is 2. The van der Waals surface area contributed by atoms with Gasteiger partial charge in [0.05, 0.1) is 17.3 Å². The second kappa shape index (κ2) is 6.65. The Balaban J connectivity index is 2.27. The van der Waals surface area contributed by atoms with E-state index >= 15 is 0 Å². The van der Waals surface area contributed by atoms with E-state index in [4.69, 9.17) is 21.1 Å². The summed E-state index contributed by atoms with van der Waals surface area (Å²) in [6.45, 7) is 8.64. The number of pyridine rings is 1. The number of aromatic nitrogens is 1. The molecule has 1 aliphatic rings. The van der Waals surface area contributed by atoms with Crippen LogP contribution in [0.3, 0.4) is 0 Å². The highest BCUT2D eigenvalue weighted by Crippen LogP contribution is 2.36. The molecular weight excluding hydrogens is 316 g/mol. The highest BCUT2D eigenvalue weighted by molar-refractivity contribution is 6.30. The number of methoxy groups -OCH3 is 1. The first kappa shape index (κ1) is 18.0. The van der Waals surface area contributed by atoms with Crippen molar-refractivity contribution in [1.82, 2.24) is 9.88 Å². The summed E-state index contributed by atoms with van der Waals surface area (Å²) in [5, 5.41) is 0.595. The predicted molar refractivity (Wildman–Crippen MR) is 89.7 cm³/mol. The molecule has 1 aliphatic heterocycles. The van der Waals surface area contributed by atoms with E-state index < -0.39 is 11.2 Å². The summed E-state index contributed by atoms with van der Waals surface area (Å²) in [6, 6.07) is 1.87. The number of hydrogen-bond acceptors (Lipinski definition) is 4. The van der Waals surface area contributed by atoms with Gasteiger partial charge in [-0.25, -0.2) is 4.79 Å². The SMILES string of the molecule is COC1(c2ncc(Cl)cc2C)CCCN(C(=O)OC(C)(C)C)C1. The molecule has 0 spiro atoms. The molecule has 1 aromatic heterocycles. The summed E-state index contributed by atoms with van der Waals surface area (Å²) in [7, 11) is 1.66. The minimum Gasteiger partial charge on any atom is -0.444 e. The first-order chi connectivity index (χ1) is 10.7. The lowest BCUT2D eigenvalue weighted by molar-refractivity contribution is -0.0762. The highest BCUT2D eigenvalue weighted by Gasteiger charge is 2.42. The first-order valence-corrected chi connectivity index (χ1v) is 8.20. The van der Waals surface area contributed by atoms with Crippen LogP contribution in [-0.2, 0) is 15.1 Å². The van der Waals surface area contributed by atoms with Crippen molar-refractivity contribution in [1.29, 1.82) is 0 Å². The van der Waals surface area contributed by atoms with Crippen LogP contribution in [0.4, 0.5) is 4.79 Å². The lowest BCUT2D eigenvalue weighted by atomic mass is 9.87. The van der Waals surface area contributed by atoms with Crippen molar-refractivity contribution in [2.45, 2.75) is 51.7 Å². The van der Waals surface area contributed by atoms with Crippen molar-refractivity contribution < 1.29 is 14.3 Å². The van der Waals surface area contributed by atoms with E-state index in [0.29, 0.717) is 18.1 Å². The number of amides is 1. The van der Waals surface area contributed by atoms with Gasteiger partial charge in [-0.1, -0.05) is 11.6 Å². The molecule has 2 rings (SSSR count). The van der Waals surface area contributed by atoms with E-state index in [-0.39, 0.29) is 6.09 Å². The molecule has 0 aromatic carbocycles. The number of hydrogen-bond donors (Lipinski definition) is 0. The fraction of sp³-hybridized carbons (Fsp3) is 0.647. The molecule has 0 N–H and O–H groups in total. The maximum atomic E-state index is 12.4. The largest absolute Gasteiger partial charge is 0.444 e. The Hall–Kier alpha value is -1.33. The van der Waals surface area contributed by atoms with Crippen LogP contribution < -0.4 is 0 Å². The lowest BCUT2D eigenvalue weighted by Gasteiger charge is -2.42. The molecule has 1 atom stereocenters. The smallest absolute Gasteiger partial charge is 0.410 e. The van der Waals surface area contributed by atoms with Crippen LogP contribution in [0.1, 0.15) is 44.9 Å². The Morgan fingerprint density at radius 2 is 2.13 bits per heavy atom. The van der Waals surface area contributed by atoms with Gasteiger partial charge in [0.15, 0.2) is 0 Å². The molecule has 0 saturated carbocycles. The van der Waals surface area contributed by atoms with Crippen LogP contribution in [0.5, 0.6) is 0 Å². The van der Waals surface area contributed by atoms with Gasteiger partial charge in [-0.05, 0) is 52.2 Å². The van der Waals surface area contributed by atoms with Gasteiger partial charge in [-0.3, -0.25) is 4.98 Å². The van der Waals surface area contributed by atoms with E-state index in [1.165, 1.54) is 0 Å². The van der Waals surface area contributed by atoms with Gasteiger partial charge in [-0.15, -0.1) is 0 Å². The number of halogens is 1. The minimum absolute atomic E-state index is 0.315. The van der Waals surface area contributed by atoms with Crippen molar-refractivity contribution in [3.63, 3.8) is 0 Å². The zero-order valence-corrected chi connectivity index (χ0v) is 15.2. The standard InChI is InChI=1S/C17H25ClN2O3/c1-12-9-13(18)10-19-14(12)17(22-5)7-6-8-20(11-17)15(21)23-16(2,3)4/h9-10H,6-8,11H2,1-5H3. The molecule has 23 heavy (non-hydrogen) atoms. The number of likely N-dealkylation sites (tertiary alicyclic amines) is 1. The number of piperidine rings is 1. The van der Waals surface area contributed by atoms with E-state index in [9.17, 15) is 4.79 Å². The maximum absolute atomic E-state index is 12.4. The van der Waals surface area contributed by atoms with E-state index in [0.717, 1.165) is 24.1 Å². The number of nitrogens with zero attached hydrogens (tertiary/aromatic N) is 2. The highest BCUT2D eigenvalue weighted by atomic mass is 35.5. The van der Waals surface area contributed by atoms with Gasteiger partial charge in [-0.2, -0.15) is 0 Å². The Kier molecular flexibility index (Phi) is 5.21. The summed E-state index contributed by atoms with van der Waals surface area (Å²) in [6.07, 6.45) is 2.94. The monoisotopic (exact) mass is 340 g/mol. The fourth-order valence-corrected chi connectivity index (χ4v) is 3.19. The number of aryl methyl sites for hydroxylation is 1. The van der Waals surface area contributed by atoms with E-state index in [1.807, 2.05) is 33.8 Å². The van der Waals surface area contributed by atoms with Crippen molar-refractivity contribution in [3.8, 4) is 0 Å². The molecule has 1 saturated heterocycles. The molecule has 1 aromatic rings. The van der Waals surface area contributed by atoms with Crippen LogP contribution in [-0.4, -0.2) is 41.8 Å². The molecule has 128 valence electrons. The Bertz CT molecular complexity index is 586. The zero-order valence-electron chi connectivity index (χ0n) is 14.5. The Morgan fingerprint density at radius 3 is 2.70 bits per heavy atom. The molecule has 0 bridgehead atoms. The molecule has 0 aliphatic carbocycles. The molecule has 0 radical (unpaired) electrons. The third-order valence-electron chi connectivity index (χ3n) is 3.97. The van der Waals surface area contributed by atoms with Crippen LogP contribution >= 0.6 is 11.6 Å².